The van der Waals surface area contributed by atoms with Crippen LogP contribution in [-0.4, -0.2) is 20.5 Å². The van der Waals surface area contributed by atoms with E-state index in [0.717, 1.165) is 24.9 Å². The molecule has 4 aliphatic carbocycles. The molecule has 0 radical (unpaired) electrons. The van der Waals surface area contributed by atoms with Crippen LogP contribution in [0.15, 0.2) is 42.0 Å². The molecule has 7 atom stereocenters. The van der Waals surface area contributed by atoms with Gasteiger partial charge in [0.1, 0.15) is 0 Å². The summed E-state index contributed by atoms with van der Waals surface area (Å²) in [6, 6.07) is 10.8. The number of rotatable bonds is 5. The highest BCUT2D eigenvalue weighted by Gasteiger charge is 2.63. The molecule has 194 valence electrons. The maximum Gasteiger partial charge on any atom is 0.192 e. The molecule has 0 aliphatic heterocycles. The van der Waals surface area contributed by atoms with Gasteiger partial charge in [-0.3, -0.25) is 0 Å². The van der Waals surface area contributed by atoms with E-state index >= 15 is 0 Å². The van der Waals surface area contributed by atoms with Crippen LogP contribution < -0.4 is 0 Å². The van der Waals surface area contributed by atoms with Crippen LogP contribution in [0.3, 0.4) is 0 Å². The third-order valence-corrected chi connectivity index (χ3v) is 15.9. The molecule has 1 aromatic carbocycles. The molecule has 4 aliphatic rings. The van der Waals surface area contributed by atoms with Gasteiger partial charge in [-0.25, -0.2) is 0 Å². The molecule has 3 fully saturated rings. The lowest BCUT2D eigenvalue weighted by Gasteiger charge is -2.60. The van der Waals surface area contributed by atoms with Crippen molar-refractivity contribution in [1.29, 1.82) is 0 Å². The van der Waals surface area contributed by atoms with Gasteiger partial charge in [0.15, 0.2) is 8.32 Å². The van der Waals surface area contributed by atoms with Gasteiger partial charge in [-0.15, -0.1) is 0 Å². The maximum absolute atomic E-state index is 7.23. The Morgan fingerprint density at radius 2 is 1.77 bits per heavy atom. The fraction of sp³-hybridized carbons (Fsp3) is 0.750. The van der Waals surface area contributed by atoms with E-state index in [1.54, 1.807) is 5.57 Å². The molecule has 0 amide bonds. The second kappa shape index (κ2) is 9.13. The second-order valence-corrected chi connectivity index (χ2v) is 19.1. The van der Waals surface area contributed by atoms with E-state index in [0.29, 0.717) is 23.5 Å². The first-order chi connectivity index (χ1) is 16.5. The van der Waals surface area contributed by atoms with Crippen LogP contribution in [0.4, 0.5) is 0 Å². The fourth-order valence-electron chi connectivity index (χ4n) is 8.41. The van der Waals surface area contributed by atoms with Crippen molar-refractivity contribution in [3.63, 3.8) is 0 Å². The van der Waals surface area contributed by atoms with E-state index in [1.807, 2.05) is 0 Å². The minimum atomic E-state index is -1.83. The molecule has 4 unspecified atom stereocenters. The van der Waals surface area contributed by atoms with Crippen LogP contribution in [0.2, 0.25) is 18.1 Å². The van der Waals surface area contributed by atoms with Gasteiger partial charge in [0.05, 0.1) is 18.8 Å². The highest BCUT2D eigenvalue weighted by Crippen LogP contribution is 2.66. The lowest BCUT2D eigenvalue weighted by molar-refractivity contribution is -0.157. The summed E-state index contributed by atoms with van der Waals surface area (Å²) in [5, 5.41) is 0.250. The number of benzene rings is 1. The SMILES string of the molecule is CC(C)(C)[Si](C)(C)O[C@H]1CCC2C3CC=C4CCCC[C@]4(C)C3C(OCc3ccccc3)C[C@@]21C. The first-order valence-corrected chi connectivity index (χ1v) is 17.4. The third kappa shape index (κ3) is 4.42. The fourth-order valence-corrected chi connectivity index (χ4v) is 9.86. The van der Waals surface area contributed by atoms with Crippen molar-refractivity contribution in [2.24, 2.45) is 28.6 Å². The largest absolute Gasteiger partial charge is 0.413 e. The van der Waals surface area contributed by atoms with Crippen molar-refractivity contribution < 1.29 is 9.16 Å². The van der Waals surface area contributed by atoms with Gasteiger partial charge < -0.3 is 9.16 Å². The van der Waals surface area contributed by atoms with E-state index in [4.69, 9.17) is 9.16 Å². The van der Waals surface area contributed by atoms with Gasteiger partial charge in [-0.05, 0) is 97.2 Å². The molecule has 3 heteroatoms. The Hall–Kier alpha value is -0.903. The summed E-state index contributed by atoms with van der Waals surface area (Å²) in [7, 11) is -1.83. The normalized spacial score (nSPS) is 39.4. The molecule has 5 rings (SSSR count). The Morgan fingerprint density at radius 1 is 1.03 bits per heavy atom. The minimum absolute atomic E-state index is 0.217. The van der Waals surface area contributed by atoms with Crippen LogP contribution in [0.25, 0.3) is 0 Å². The summed E-state index contributed by atoms with van der Waals surface area (Å²) in [4.78, 5) is 0. The van der Waals surface area contributed by atoms with E-state index in [1.165, 1.54) is 50.5 Å². The van der Waals surface area contributed by atoms with Gasteiger partial charge >= 0.3 is 0 Å². The molecule has 1 aromatic rings. The predicted octanol–water partition coefficient (Wildman–Crippen LogP) is 8.93. The Bertz CT molecular complexity index is 931. The summed E-state index contributed by atoms with van der Waals surface area (Å²) < 4.78 is 14.2. The van der Waals surface area contributed by atoms with Crippen molar-refractivity contribution in [2.45, 2.75) is 123 Å². The van der Waals surface area contributed by atoms with Crippen LogP contribution in [-0.2, 0) is 15.8 Å². The first-order valence-electron chi connectivity index (χ1n) is 14.5. The Morgan fingerprint density at radius 3 is 2.49 bits per heavy atom. The van der Waals surface area contributed by atoms with Crippen molar-refractivity contribution in [3.05, 3.63) is 47.5 Å². The Balaban J connectivity index is 1.47. The van der Waals surface area contributed by atoms with E-state index in [-0.39, 0.29) is 10.5 Å². The number of hydrogen-bond donors (Lipinski definition) is 0. The lowest BCUT2D eigenvalue weighted by Crippen LogP contribution is -2.58. The molecule has 35 heavy (non-hydrogen) atoms. The van der Waals surface area contributed by atoms with Crippen LogP contribution in [0, 0.1) is 28.6 Å². The molecule has 2 nitrogen and oxygen atoms in total. The smallest absolute Gasteiger partial charge is 0.192 e. The summed E-state index contributed by atoms with van der Waals surface area (Å²) >= 11 is 0. The maximum atomic E-state index is 7.23. The molecule has 0 spiro atoms. The first kappa shape index (κ1) is 25.7. The second-order valence-electron chi connectivity index (χ2n) is 14.4. The molecule has 0 N–H and O–H groups in total. The van der Waals surface area contributed by atoms with Crippen molar-refractivity contribution in [2.75, 3.05) is 0 Å². The van der Waals surface area contributed by atoms with E-state index < -0.39 is 8.32 Å². The van der Waals surface area contributed by atoms with Gasteiger partial charge in [0.25, 0.3) is 0 Å². The average Bonchev–Trinajstić information content (AvgIpc) is 3.12. The summed E-state index contributed by atoms with van der Waals surface area (Å²) in [6.07, 6.45) is 13.8. The number of allylic oxidation sites excluding steroid dienone is 2. The molecule has 0 aromatic heterocycles. The highest BCUT2D eigenvalue weighted by atomic mass is 28.4. The van der Waals surface area contributed by atoms with Gasteiger partial charge in [-0.1, -0.05) is 83.0 Å². The Kier molecular flexibility index (Phi) is 6.72. The molecular formula is C32H50O2Si. The van der Waals surface area contributed by atoms with E-state index in [2.05, 4.69) is 84.1 Å². The van der Waals surface area contributed by atoms with Crippen LogP contribution >= 0.6 is 0 Å². The quantitative estimate of drug-likeness (QED) is 0.300. The summed E-state index contributed by atoms with van der Waals surface area (Å²) in [5.41, 5.74) is 3.60. The van der Waals surface area contributed by atoms with Gasteiger partial charge in [-0.2, -0.15) is 0 Å². The zero-order valence-electron chi connectivity index (χ0n) is 23.5. The zero-order chi connectivity index (χ0) is 25.1. The van der Waals surface area contributed by atoms with Crippen molar-refractivity contribution >= 4 is 8.32 Å². The lowest BCUT2D eigenvalue weighted by atomic mass is 9.47. The number of ether oxygens (including phenoxy) is 1. The zero-order valence-corrected chi connectivity index (χ0v) is 24.5. The van der Waals surface area contributed by atoms with Gasteiger partial charge in [0.2, 0.25) is 0 Å². The molecule has 0 bridgehead atoms. The van der Waals surface area contributed by atoms with Crippen molar-refractivity contribution in [3.8, 4) is 0 Å². The third-order valence-electron chi connectivity index (χ3n) is 11.4. The topological polar surface area (TPSA) is 18.5 Å². The van der Waals surface area contributed by atoms with Crippen LogP contribution in [0.1, 0.15) is 91.5 Å². The number of hydrogen-bond acceptors (Lipinski definition) is 2. The monoisotopic (exact) mass is 494 g/mol. The predicted molar refractivity (Wildman–Crippen MR) is 149 cm³/mol. The average molecular weight is 495 g/mol. The molecule has 3 saturated carbocycles. The Labute approximate surface area is 216 Å². The summed E-state index contributed by atoms with van der Waals surface area (Å²) in [6.45, 7) is 18.0. The van der Waals surface area contributed by atoms with Gasteiger partial charge in [0, 0.05) is 0 Å². The minimum Gasteiger partial charge on any atom is -0.413 e. The standard InChI is InChI=1S/C32H50O2Si/c1-30(2,3)35(6,7)34-28-19-18-26-25-17-16-24-15-11-12-20-31(24,4)29(25)27(21-32(26,28)5)33-22-23-13-9-8-10-14-23/h8-10,13-14,16,25-29H,11-12,15,17-22H2,1-7H3/t25?,26?,27?,28-,29?,31-,32-/m0/s1. The number of fused-ring (bicyclic) bond motifs is 5. The highest BCUT2D eigenvalue weighted by molar-refractivity contribution is 6.74. The summed E-state index contributed by atoms with van der Waals surface area (Å²) in [5.74, 6) is 2.14. The molecule has 0 saturated heterocycles. The molecule has 0 heterocycles. The molecular weight excluding hydrogens is 444 g/mol. The van der Waals surface area contributed by atoms with Crippen LogP contribution in [0.5, 0.6) is 0 Å². The van der Waals surface area contributed by atoms with E-state index in [9.17, 15) is 0 Å². The van der Waals surface area contributed by atoms with Crippen molar-refractivity contribution in [1.82, 2.24) is 0 Å².